The van der Waals surface area contributed by atoms with Crippen molar-refractivity contribution in [1.29, 1.82) is 0 Å². The van der Waals surface area contributed by atoms with E-state index in [1.165, 1.54) is 17.4 Å². The zero-order valence-corrected chi connectivity index (χ0v) is 18.4. The molecule has 0 aliphatic carbocycles. The Balaban J connectivity index is 2.49. The van der Waals surface area contributed by atoms with E-state index in [0.717, 1.165) is 12.0 Å². The number of nitrogens with one attached hydrogen (secondary N) is 1. The summed E-state index contributed by atoms with van der Waals surface area (Å²) in [6.45, 7) is 10.4. The minimum Gasteiger partial charge on any atom is -0.490 e. The number of halogens is 1. The summed E-state index contributed by atoms with van der Waals surface area (Å²) in [4.78, 5) is 27.2. The fourth-order valence-electron chi connectivity index (χ4n) is 2.29. The van der Waals surface area contributed by atoms with Crippen LogP contribution in [0.4, 0.5) is 0 Å². The summed E-state index contributed by atoms with van der Waals surface area (Å²) in [5, 5.41) is 0.424. The number of carbonyl (C=O) groups is 1. The van der Waals surface area contributed by atoms with Crippen LogP contribution in [0.1, 0.15) is 46.6 Å². The maximum absolute atomic E-state index is 12.3. The number of ether oxygens (including phenoxy) is 2. The molecule has 2 aromatic rings. The maximum Gasteiger partial charge on any atom is 0.266 e. The predicted molar refractivity (Wildman–Crippen MR) is 115 cm³/mol. The Morgan fingerprint density at radius 2 is 1.96 bits per heavy atom. The minimum absolute atomic E-state index is 0.0457. The average Bonchev–Trinajstić information content (AvgIpc) is 2.93. The number of hydrogen-bond acceptors (Lipinski definition) is 5. The molecule has 0 atom stereocenters. The fraction of sp³-hybridized carbons (Fsp3) is 0.429. The summed E-state index contributed by atoms with van der Waals surface area (Å²) >= 11 is 7.60. The van der Waals surface area contributed by atoms with Crippen LogP contribution in [0.15, 0.2) is 16.9 Å². The van der Waals surface area contributed by atoms with Gasteiger partial charge in [0.25, 0.3) is 5.56 Å². The molecule has 1 heterocycles. The van der Waals surface area contributed by atoms with Gasteiger partial charge in [-0.25, -0.2) is 0 Å². The summed E-state index contributed by atoms with van der Waals surface area (Å²) in [5.74, 6) is 1.00. The number of benzene rings is 1. The van der Waals surface area contributed by atoms with E-state index < -0.39 is 5.41 Å². The molecule has 5 nitrogen and oxygen atoms in total. The maximum atomic E-state index is 12.3. The number of aromatic amines is 1. The lowest BCUT2D eigenvalue weighted by atomic mass is 9.91. The van der Waals surface area contributed by atoms with E-state index in [0.29, 0.717) is 38.9 Å². The molecule has 7 heteroatoms. The molecule has 1 aromatic heterocycles. The Kier molecular flexibility index (Phi) is 7.49. The largest absolute Gasteiger partial charge is 0.490 e. The molecule has 0 fully saturated rings. The molecule has 1 aromatic carbocycles. The number of aromatic nitrogens is 1. The molecule has 0 saturated heterocycles. The lowest BCUT2D eigenvalue weighted by Crippen LogP contribution is -2.22. The predicted octanol–water partition coefficient (Wildman–Crippen LogP) is 3.50. The van der Waals surface area contributed by atoms with Crippen molar-refractivity contribution in [2.45, 2.75) is 41.0 Å². The summed E-state index contributed by atoms with van der Waals surface area (Å²) in [6, 6.07) is 3.53. The van der Waals surface area contributed by atoms with Gasteiger partial charge in [0.2, 0.25) is 0 Å². The van der Waals surface area contributed by atoms with Gasteiger partial charge in [-0.15, -0.1) is 11.3 Å². The zero-order chi connectivity index (χ0) is 20.9. The fourth-order valence-corrected chi connectivity index (χ4v) is 3.45. The molecule has 0 aliphatic heterocycles. The van der Waals surface area contributed by atoms with Crippen molar-refractivity contribution in [3.05, 3.63) is 42.3 Å². The van der Waals surface area contributed by atoms with Crippen molar-refractivity contribution in [2.24, 2.45) is 5.41 Å². The summed E-state index contributed by atoms with van der Waals surface area (Å²) < 4.78 is 12.4. The van der Waals surface area contributed by atoms with Crippen LogP contribution in [0.2, 0.25) is 5.02 Å². The van der Waals surface area contributed by atoms with Crippen LogP contribution < -0.4 is 24.2 Å². The van der Waals surface area contributed by atoms with E-state index in [-0.39, 0.29) is 11.3 Å². The quantitative estimate of drug-likeness (QED) is 0.740. The third kappa shape index (κ3) is 5.72. The molecule has 28 heavy (non-hydrogen) atoms. The first-order valence-electron chi connectivity index (χ1n) is 9.21. The van der Waals surface area contributed by atoms with E-state index >= 15 is 0 Å². The second-order valence-electron chi connectivity index (χ2n) is 7.30. The Morgan fingerprint density at radius 3 is 2.57 bits per heavy atom. The van der Waals surface area contributed by atoms with Crippen LogP contribution in [-0.4, -0.2) is 24.0 Å². The highest BCUT2D eigenvalue weighted by atomic mass is 35.5. The molecule has 0 saturated carbocycles. The Labute approximate surface area is 173 Å². The van der Waals surface area contributed by atoms with E-state index in [1.54, 1.807) is 18.2 Å². The van der Waals surface area contributed by atoms with Gasteiger partial charge in [0, 0.05) is 11.5 Å². The van der Waals surface area contributed by atoms with Crippen molar-refractivity contribution >= 4 is 40.9 Å². The second-order valence-corrected chi connectivity index (χ2v) is 8.79. The van der Waals surface area contributed by atoms with Crippen molar-refractivity contribution in [3.8, 4) is 11.5 Å². The zero-order valence-electron chi connectivity index (χ0n) is 16.8. The van der Waals surface area contributed by atoms with Crippen LogP contribution >= 0.6 is 22.9 Å². The molecule has 152 valence electrons. The highest BCUT2D eigenvalue weighted by Gasteiger charge is 2.18. The summed E-state index contributed by atoms with van der Waals surface area (Å²) in [6.07, 6.45) is 4.05. The third-order valence-electron chi connectivity index (χ3n) is 3.76. The lowest BCUT2D eigenvalue weighted by molar-refractivity contribution is -0.119. The van der Waals surface area contributed by atoms with Gasteiger partial charge in [-0.05, 0) is 37.1 Å². The van der Waals surface area contributed by atoms with E-state index in [1.807, 2.05) is 34.6 Å². The number of H-pyrrole nitrogens is 1. The molecular weight excluding hydrogens is 398 g/mol. The van der Waals surface area contributed by atoms with E-state index in [4.69, 9.17) is 21.1 Å². The van der Waals surface area contributed by atoms with E-state index in [9.17, 15) is 9.59 Å². The highest BCUT2D eigenvalue weighted by Crippen LogP contribution is 2.37. The summed E-state index contributed by atoms with van der Waals surface area (Å²) in [7, 11) is 0. The number of ketones is 1. The van der Waals surface area contributed by atoms with Gasteiger partial charge in [-0.2, -0.15) is 0 Å². The van der Waals surface area contributed by atoms with E-state index in [2.05, 4.69) is 4.98 Å². The normalized spacial score (nSPS) is 13.1. The van der Waals surface area contributed by atoms with Crippen LogP contribution in [-0.2, 0) is 4.79 Å². The first-order valence-corrected chi connectivity index (χ1v) is 10.4. The number of hydrogen-bond donors (Lipinski definition) is 1. The molecule has 0 radical (unpaired) electrons. The van der Waals surface area contributed by atoms with Gasteiger partial charge in [0.15, 0.2) is 17.3 Å². The van der Waals surface area contributed by atoms with Crippen molar-refractivity contribution in [1.82, 2.24) is 4.98 Å². The molecule has 0 bridgehead atoms. The Morgan fingerprint density at radius 1 is 1.25 bits per heavy atom. The molecule has 0 aliphatic rings. The molecule has 0 amide bonds. The average molecular weight is 424 g/mol. The first-order chi connectivity index (χ1) is 13.2. The number of carbonyl (C=O) groups excluding carboxylic acids is 1. The van der Waals surface area contributed by atoms with Gasteiger partial charge in [0.05, 0.1) is 27.4 Å². The van der Waals surface area contributed by atoms with Gasteiger partial charge in [0.1, 0.15) is 0 Å². The van der Waals surface area contributed by atoms with Crippen LogP contribution in [0.3, 0.4) is 0 Å². The van der Waals surface area contributed by atoms with Crippen LogP contribution in [0.25, 0.3) is 12.2 Å². The molecule has 0 spiro atoms. The SMILES string of the molecule is CCCOc1c(Cl)cc(/C=c2\s/c(=C\C(=O)C(C)(C)C)[nH]c2=O)cc1OCC. The third-order valence-corrected chi connectivity index (χ3v) is 5.01. The number of Topliss-reactive ketones (excluding diaryl/α,β-unsaturated/α-hetero) is 1. The first kappa shape index (κ1) is 22.2. The van der Waals surface area contributed by atoms with Gasteiger partial charge >= 0.3 is 0 Å². The van der Waals surface area contributed by atoms with Gasteiger partial charge in [-0.3, -0.25) is 9.59 Å². The van der Waals surface area contributed by atoms with Crippen molar-refractivity contribution < 1.29 is 14.3 Å². The van der Waals surface area contributed by atoms with Crippen LogP contribution in [0.5, 0.6) is 11.5 Å². The highest BCUT2D eigenvalue weighted by molar-refractivity contribution is 7.07. The topological polar surface area (TPSA) is 68.4 Å². The minimum atomic E-state index is -0.501. The Hall–Kier alpha value is -2.05. The lowest BCUT2D eigenvalue weighted by Gasteiger charge is -2.13. The van der Waals surface area contributed by atoms with Gasteiger partial charge < -0.3 is 14.5 Å². The Bertz CT molecular complexity index is 1010. The number of rotatable bonds is 7. The van der Waals surface area contributed by atoms with Crippen molar-refractivity contribution in [2.75, 3.05) is 13.2 Å². The van der Waals surface area contributed by atoms with Crippen LogP contribution in [0, 0.1) is 5.41 Å². The summed E-state index contributed by atoms with van der Waals surface area (Å²) in [5.41, 5.74) is -0.0318. The molecule has 2 rings (SSSR count). The van der Waals surface area contributed by atoms with Gasteiger partial charge in [-0.1, -0.05) is 39.3 Å². The smallest absolute Gasteiger partial charge is 0.266 e. The monoisotopic (exact) mass is 423 g/mol. The second kappa shape index (κ2) is 9.43. The molecule has 0 unspecified atom stereocenters. The van der Waals surface area contributed by atoms with Crippen molar-refractivity contribution in [3.63, 3.8) is 0 Å². The standard InChI is InChI=1S/C21H26ClNO4S/c1-6-8-27-19-14(22)9-13(10-15(19)26-7-2)11-16-20(25)23-18(28-16)12-17(24)21(3,4)5/h9-12H,6-8H2,1-5H3,(H,23,25)/b16-11-,18-12-. The number of thiazole rings is 1. The molecule has 1 N–H and O–H groups in total. The molecular formula is C21H26ClNO4S.